The molecule has 0 unspecified atom stereocenters. The Balaban J connectivity index is 1.75. The summed E-state index contributed by atoms with van der Waals surface area (Å²) in [5, 5.41) is 3.14. The Morgan fingerprint density at radius 2 is 1.62 bits per heavy atom. The minimum absolute atomic E-state index is 0.0600. The van der Waals surface area contributed by atoms with Crippen LogP contribution in [0.2, 0.25) is 0 Å². The second kappa shape index (κ2) is 8.67. The van der Waals surface area contributed by atoms with Crippen LogP contribution in [0, 0.1) is 19.7 Å². The zero-order valence-electron chi connectivity index (χ0n) is 18.1. The van der Waals surface area contributed by atoms with E-state index in [1.807, 2.05) is 50.2 Å². The van der Waals surface area contributed by atoms with Crippen LogP contribution in [0.25, 0.3) is 5.57 Å². The standard InChI is InChI=1S/C26H23FN2O3/c1-16-8-13-21(14-17(16)2)28-24-23(18-9-11-20(27)12-10-18)25(30)29(26(24)31)15-19-6-4-5-7-22(19)32-3/h4-14,28H,15H2,1-3H3. The molecule has 0 aliphatic carbocycles. The molecule has 1 heterocycles. The normalized spacial score (nSPS) is 13.7. The smallest absolute Gasteiger partial charge is 0.278 e. The highest BCUT2D eigenvalue weighted by Gasteiger charge is 2.39. The molecule has 4 rings (SSSR count). The Bertz CT molecular complexity index is 1230. The van der Waals surface area contributed by atoms with Gasteiger partial charge in [-0.1, -0.05) is 36.4 Å². The van der Waals surface area contributed by atoms with Gasteiger partial charge in [0.15, 0.2) is 0 Å². The number of aryl methyl sites for hydroxylation is 2. The lowest BCUT2D eigenvalue weighted by Crippen LogP contribution is -2.32. The van der Waals surface area contributed by atoms with E-state index in [0.717, 1.165) is 11.1 Å². The fourth-order valence-electron chi connectivity index (χ4n) is 3.69. The van der Waals surface area contributed by atoms with Gasteiger partial charge < -0.3 is 10.1 Å². The number of methoxy groups -OCH3 is 1. The lowest BCUT2D eigenvalue weighted by Gasteiger charge is -2.17. The zero-order chi connectivity index (χ0) is 22.8. The van der Waals surface area contributed by atoms with Crippen molar-refractivity contribution in [3.05, 3.63) is 100 Å². The number of ether oxygens (including phenoxy) is 1. The van der Waals surface area contributed by atoms with Crippen LogP contribution in [0.4, 0.5) is 10.1 Å². The molecular weight excluding hydrogens is 407 g/mol. The van der Waals surface area contributed by atoms with Gasteiger partial charge in [0.1, 0.15) is 17.3 Å². The minimum Gasteiger partial charge on any atom is -0.496 e. The van der Waals surface area contributed by atoms with E-state index in [0.29, 0.717) is 22.6 Å². The van der Waals surface area contributed by atoms with E-state index >= 15 is 0 Å². The zero-order valence-corrected chi connectivity index (χ0v) is 18.1. The number of carbonyl (C=O) groups excluding carboxylic acids is 2. The van der Waals surface area contributed by atoms with Crippen molar-refractivity contribution in [3.8, 4) is 5.75 Å². The van der Waals surface area contributed by atoms with E-state index in [-0.39, 0.29) is 17.8 Å². The third-order valence-electron chi connectivity index (χ3n) is 5.60. The molecule has 32 heavy (non-hydrogen) atoms. The van der Waals surface area contributed by atoms with Crippen molar-refractivity contribution in [1.82, 2.24) is 4.90 Å². The highest BCUT2D eigenvalue weighted by molar-refractivity contribution is 6.36. The Kier molecular flexibility index (Phi) is 5.77. The van der Waals surface area contributed by atoms with Crippen LogP contribution >= 0.6 is 0 Å². The summed E-state index contributed by atoms with van der Waals surface area (Å²) in [6.07, 6.45) is 0. The molecule has 3 aromatic carbocycles. The summed E-state index contributed by atoms with van der Waals surface area (Å²) < 4.78 is 18.9. The summed E-state index contributed by atoms with van der Waals surface area (Å²) in [5.41, 5.74) is 4.43. The van der Waals surface area contributed by atoms with Crippen molar-refractivity contribution in [2.45, 2.75) is 20.4 Å². The number of hydrogen-bond donors (Lipinski definition) is 1. The van der Waals surface area contributed by atoms with Crippen LogP contribution < -0.4 is 10.1 Å². The molecule has 1 aliphatic heterocycles. The van der Waals surface area contributed by atoms with Crippen molar-refractivity contribution in [2.24, 2.45) is 0 Å². The van der Waals surface area contributed by atoms with Crippen molar-refractivity contribution >= 4 is 23.1 Å². The molecule has 3 aromatic rings. The number of anilines is 1. The monoisotopic (exact) mass is 430 g/mol. The Morgan fingerprint density at radius 3 is 2.31 bits per heavy atom. The van der Waals surface area contributed by atoms with Gasteiger partial charge in [0, 0.05) is 11.3 Å². The fraction of sp³-hybridized carbons (Fsp3) is 0.154. The van der Waals surface area contributed by atoms with Crippen LogP contribution in [0.15, 0.2) is 72.4 Å². The van der Waals surface area contributed by atoms with Crippen LogP contribution in [0.5, 0.6) is 5.75 Å². The number of benzene rings is 3. The molecule has 0 spiro atoms. The number of imide groups is 1. The molecule has 6 heteroatoms. The van der Waals surface area contributed by atoms with Gasteiger partial charge in [-0.25, -0.2) is 4.39 Å². The van der Waals surface area contributed by atoms with Gasteiger partial charge in [-0.2, -0.15) is 0 Å². The topological polar surface area (TPSA) is 58.6 Å². The quantitative estimate of drug-likeness (QED) is 0.569. The highest BCUT2D eigenvalue weighted by atomic mass is 19.1. The SMILES string of the molecule is COc1ccccc1CN1C(=O)C(Nc2ccc(C)c(C)c2)=C(c2ccc(F)cc2)C1=O. The summed E-state index contributed by atoms with van der Waals surface area (Å²) in [6.45, 7) is 4.04. The van der Waals surface area contributed by atoms with Crippen LogP contribution in [0.3, 0.4) is 0 Å². The molecule has 1 aliphatic rings. The third-order valence-corrected chi connectivity index (χ3v) is 5.60. The maximum atomic E-state index is 13.5. The molecule has 0 aromatic heterocycles. The number of para-hydroxylation sites is 1. The first kappa shape index (κ1) is 21.3. The van der Waals surface area contributed by atoms with Gasteiger partial charge in [0.25, 0.3) is 11.8 Å². The summed E-state index contributed by atoms with van der Waals surface area (Å²) in [5.74, 6) is -0.718. The van der Waals surface area contributed by atoms with E-state index in [4.69, 9.17) is 4.74 Å². The highest BCUT2D eigenvalue weighted by Crippen LogP contribution is 2.33. The van der Waals surface area contributed by atoms with Gasteiger partial charge in [0.2, 0.25) is 0 Å². The van der Waals surface area contributed by atoms with Crippen LogP contribution in [0.1, 0.15) is 22.3 Å². The molecule has 0 radical (unpaired) electrons. The number of nitrogens with one attached hydrogen (secondary N) is 1. The van der Waals surface area contributed by atoms with Gasteiger partial charge in [-0.05, 0) is 60.9 Å². The molecule has 2 amide bonds. The van der Waals surface area contributed by atoms with Gasteiger partial charge in [-0.3, -0.25) is 14.5 Å². The van der Waals surface area contributed by atoms with E-state index in [1.165, 1.54) is 29.2 Å². The number of nitrogens with zero attached hydrogens (tertiary/aromatic N) is 1. The molecule has 5 nitrogen and oxygen atoms in total. The molecule has 0 saturated carbocycles. The second-order valence-electron chi connectivity index (χ2n) is 7.69. The first-order valence-corrected chi connectivity index (χ1v) is 10.2. The Hall–Kier alpha value is -3.93. The number of amides is 2. The van der Waals surface area contributed by atoms with Crippen molar-refractivity contribution in [2.75, 3.05) is 12.4 Å². The van der Waals surface area contributed by atoms with E-state index in [9.17, 15) is 14.0 Å². The summed E-state index contributed by atoms with van der Waals surface area (Å²) >= 11 is 0. The van der Waals surface area contributed by atoms with Gasteiger partial charge >= 0.3 is 0 Å². The number of hydrogen-bond acceptors (Lipinski definition) is 4. The molecular formula is C26H23FN2O3. The summed E-state index contributed by atoms with van der Waals surface area (Å²) in [7, 11) is 1.54. The van der Waals surface area contributed by atoms with Gasteiger partial charge in [-0.15, -0.1) is 0 Å². The first-order chi connectivity index (χ1) is 15.4. The molecule has 0 bridgehead atoms. The maximum absolute atomic E-state index is 13.5. The average molecular weight is 430 g/mol. The van der Waals surface area contributed by atoms with E-state index in [1.54, 1.807) is 13.2 Å². The molecule has 162 valence electrons. The Labute approximate surface area is 186 Å². The lowest BCUT2D eigenvalue weighted by molar-refractivity contribution is -0.137. The van der Waals surface area contributed by atoms with E-state index < -0.39 is 17.6 Å². The predicted octanol–water partition coefficient (Wildman–Crippen LogP) is 4.84. The first-order valence-electron chi connectivity index (χ1n) is 10.2. The number of rotatable bonds is 6. The maximum Gasteiger partial charge on any atom is 0.278 e. The largest absolute Gasteiger partial charge is 0.496 e. The third kappa shape index (κ3) is 3.99. The predicted molar refractivity (Wildman–Crippen MR) is 121 cm³/mol. The lowest BCUT2D eigenvalue weighted by atomic mass is 10.0. The van der Waals surface area contributed by atoms with E-state index in [2.05, 4.69) is 5.32 Å². The fourth-order valence-corrected chi connectivity index (χ4v) is 3.69. The summed E-state index contributed by atoms with van der Waals surface area (Å²) in [4.78, 5) is 28.0. The van der Waals surface area contributed by atoms with Crippen LogP contribution in [-0.4, -0.2) is 23.8 Å². The van der Waals surface area contributed by atoms with Gasteiger partial charge in [0.05, 0.1) is 19.2 Å². The molecule has 1 N–H and O–H groups in total. The van der Waals surface area contributed by atoms with Crippen molar-refractivity contribution < 1.29 is 18.7 Å². The van der Waals surface area contributed by atoms with Crippen molar-refractivity contribution in [1.29, 1.82) is 0 Å². The number of carbonyl (C=O) groups is 2. The van der Waals surface area contributed by atoms with Crippen LogP contribution in [-0.2, 0) is 16.1 Å². The molecule has 0 atom stereocenters. The molecule has 0 saturated heterocycles. The summed E-state index contributed by atoms with van der Waals surface area (Å²) in [6, 6.07) is 18.5. The Morgan fingerprint density at radius 1 is 0.906 bits per heavy atom. The van der Waals surface area contributed by atoms with Crippen molar-refractivity contribution in [3.63, 3.8) is 0 Å². The second-order valence-corrected chi connectivity index (χ2v) is 7.69. The minimum atomic E-state index is -0.446. The number of halogens is 1. The average Bonchev–Trinajstić information content (AvgIpc) is 3.01. The molecule has 0 fully saturated rings.